The minimum absolute atomic E-state index is 0.537. The van der Waals surface area contributed by atoms with Crippen LogP contribution >= 0.6 is 0 Å². The van der Waals surface area contributed by atoms with Crippen molar-refractivity contribution in [3.05, 3.63) is 0 Å². The van der Waals surface area contributed by atoms with Crippen LogP contribution in [0.1, 0.15) is 13.8 Å². The average molecular weight is 472 g/mol. The first kappa shape index (κ1) is 33.8. The van der Waals surface area contributed by atoms with Gasteiger partial charge >= 0.3 is 0 Å². The molecule has 0 radical (unpaired) electrons. The summed E-state index contributed by atoms with van der Waals surface area (Å²) in [6.07, 6.45) is 0. The van der Waals surface area contributed by atoms with Gasteiger partial charge in [-0.1, -0.05) is 13.8 Å². The molecule has 0 aromatic carbocycles. The number of nitrogens with one attached hydrogen (secondary N) is 1. The quantitative estimate of drug-likeness (QED) is 0.175. The van der Waals surface area contributed by atoms with Gasteiger partial charge in [0.15, 0.2) is 0 Å². The molecular weight excluding hydrogens is 422 g/mol. The van der Waals surface area contributed by atoms with E-state index < -0.39 is 0 Å². The van der Waals surface area contributed by atoms with Gasteiger partial charge in [0.1, 0.15) is 0 Å². The van der Waals surface area contributed by atoms with Crippen LogP contribution in [0.3, 0.4) is 0 Å². The van der Waals surface area contributed by atoms with Crippen LogP contribution in [-0.4, -0.2) is 133 Å². The van der Waals surface area contributed by atoms with E-state index in [4.69, 9.17) is 42.6 Å². The highest BCUT2D eigenvalue weighted by atomic mass is 16.6. The van der Waals surface area contributed by atoms with Gasteiger partial charge in [-0.2, -0.15) is 0 Å². The fraction of sp³-hybridized carbons (Fsp3) is 1.00. The smallest absolute Gasteiger partial charge is 0.0701 e. The molecule has 0 amide bonds. The first-order valence-electron chi connectivity index (χ1n) is 11.7. The minimum Gasteiger partial charge on any atom is -0.382 e. The van der Waals surface area contributed by atoms with Gasteiger partial charge in [-0.15, -0.1) is 0 Å². The summed E-state index contributed by atoms with van der Waals surface area (Å²) in [5, 5.41) is 3.01. The van der Waals surface area contributed by atoms with E-state index in [1.54, 1.807) is 7.11 Å². The third-order valence-electron chi connectivity index (χ3n) is 3.53. The third kappa shape index (κ3) is 34.2. The Balaban J connectivity index is 0. The second-order valence-corrected chi connectivity index (χ2v) is 6.00. The Morgan fingerprint density at radius 3 is 0.812 bits per heavy atom. The van der Waals surface area contributed by atoms with Crippen molar-refractivity contribution < 1.29 is 42.6 Å². The molecule has 0 unspecified atom stereocenters. The van der Waals surface area contributed by atoms with E-state index in [9.17, 15) is 0 Å². The van der Waals surface area contributed by atoms with Crippen molar-refractivity contribution in [2.75, 3.05) is 133 Å². The predicted octanol–water partition coefficient (Wildman–Crippen LogP) is 1.01. The van der Waals surface area contributed by atoms with E-state index in [1.165, 1.54) is 0 Å². The second-order valence-electron chi connectivity index (χ2n) is 6.00. The molecule has 0 heterocycles. The van der Waals surface area contributed by atoms with Crippen LogP contribution in [0.5, 0.6) is 0 Å². The van der Waals surface area contributed by atoms with Crippen molar-refractivity contribution >= 4 is 0 Å². The molecule has 0 aliphatic heterocycles. The highest BCUT2D eigenvalue weighted by Gasteiger charge is 1.95. The van der Waals surface area contributed by atoms with Gasteiger partial charge in [-0.25, -0.2) is 0 Å². The summed E-state index contributed by atoms with van der Waals surface area (Å²) in [7, 11) is 3.54. The molecule has 0 rings (SSSR count). The van der Waals surface area contributed by atoms with Crippen molar-refractivity contribution in [2.24, 2.45) is 0 Å². The van der Waals surface area contributed by atoms with Gasteiger partial charge in [0, 0.05) is 13.7 Å². The molecule has 0 aliphatic rings. The summed E-state index contributed by atoms with van der Waals surface area (Å²) in [4.78, 5) is 0. The van der Waals surface area contributed by atoms with Crippen molar-refractivity contribution in [1.82, 2.24) is 5.32 Å². The minimum atomic E-state index is 0.537. The molecule has 0 saturated heterocycles. The van der Waals surface area contributed by atoms with Gasteiger partial charge in [0.2, 0.25) is 0 Å². The molecule has 0 bridgehead atoms. The fourth-order valence-electron chi connectivity index (χ4n) is 1.96. The highest BCUT2D eigenvalue weighted by molar-refractivity contribution is 4.39. The number of hydrogen-bond donors (Lipinski definition) is 1. The maximum absolute atomic E-state index is 5.43. The van der Waals surface area contributed by atoms with Crippen molar-refractivity contribution in [2.45, 2.75) is 13.8 Å². The first-order valence-corrected chi connectivity index (χ1v) is 11.7. The molecule has 0 saturated carbocycles. The normalized spacial score (nSPS) is 10.9. The Bertz CT molecular complexity index is 275. The van der Waals surface area contributed by atoms with Gasteiger partial charge in [-0.3, -0.25) is 0 Å². The molecule has 0 atom stereocenters. The first-order chi connectivity index (χ1) is 15.9. The maximum Gasteiger partial charge on any atom is 0.0701 e. The van der Waals surface area contributed by atoms with Gasteiger partial charge in [0.25, 0.3) is 0 Å². The van der Waals surface area contributed by atoms with E-state index >= 15 is 0 Å². The molecule has 1 N–H and O–H groups in total. The Hall–Kier alpha value is -0.400. The van der Waals surface area contributed by atoms with E-state index in [0.29, 0.717) is 112 Å². The van der Waals surface area contributed by atoms with Crippen LogP contribution in [0.2, 0.25) is 0 Å². The lowest BCUT2D eigenvalue weighted by Crippen LogP contribution is -2.17. The van der Waals surface area contributed by atoms with E-state index in [0.717, 1.165) is 6.54 Å². The third-order valence-corrected chi connectivity index (χ3v) is 3.53. The molecular formula is C22H49NO9. The van der Waals surface area contributed by atoms with Crippen LogP contribution < -0.4 is 5.32 Å². The van der Waals surface area contributed by atoms with Crippen LogP contribution in [0, 0.1) is 0 Å². The Morgan fingerprint density at radius 2 is 0.594 bits per heavy atom. The van der Waals surface area contributed by atoms with Crippen molar-refractivity contribution in [3.8, 4) is 0 Å². The average Bonchev–Trinajstić information content (AvgIpc) is 2.82. The maximum atomic E-state index is 5.43. The number of likely N-dealkylation sites (N-methyl/N-ethyl adjacent to an activating group) is 1. The zero-order valence-electron chi connectivity index (χ0n) is 20.9. The molecule has 32 heavy (non-hydrogen) atoms. The summed E-state index contributed by atoms with van der Waals surface area (Å²) in [5.74, 6) is 0. The zero-order valence-corrected chi connectivity index (χ0v) is 20.9. The summed E-state index contributed by atoms with van der Waals surface area (Å²) in [5.41, 5.74) is 0. The van der Waals surface area contributed by atoms with Crippen LogP contribution in [-0.2, 0) is 42.6 Å². The van der Waals surface area contributed by atoms with Crippen LogP contribution in [0.15, 0.2) is 0 Å². The predicted molar refractivity (Wildman–Crippen MR) is 124 cm³/mol. The van der Waals surface area contributed by atoms with Gasteiger partial charge in [-0.05, 0) is 7.05 Å². The number of rotatable bonds is 27. The molecule has 10 nitrogen and oxygen atoms in total. The van der Waals surface area contributed by atoms with Crippen LogP contribution in [0.4, 0.5) is 0 Å². The zero-order chi connectivity index (χ0) is 23.8. The molecule has 0 aromatic heterocycles. The topological polar surface area (TPSA) is 95.1 Å². The highest BCUT2D eigenvalue weighted by Crippen LogP contribution is 1.85. The number of hydrogen-bond acceptors (Lipinski definition) is 10. The summed E-state index contributed by atoms with van der Waals surface area (Å²) in [6, 6.07) is 0. The lowest BCUT2D eigenvalue weighted by Gasteiger charge is -2.08. The SMILES string of the molecule is CC.CNCCOCCOCCOCCOCCOCCOCCOCCOCCOC. The standard InChI is InChI=1S/C20H43NO9.C2H6/c1-21-3-4-23-7-8-25-11-12-27-15-16-29-19-20-30-18-17-28-14-13-26-10-9-24-6-5-22-2;1-2/h21H,3-20H2,1-2H3;1-2H3. The second kappa shape index (κ2) is 35.2. The molecule has 0 aliphatic carbocycles. The Kier molecular flexibility index (Phi) is 37.1. The van der Waals surface area contributed by atoms with E-state index in [2.05, 4.69) is 5.32 Å². The summed E-state index contributed by atoms with van der Waals surface area (Å²) < 4.78 is 47.9. The van der Waals surface area contributed by atoms with Crippen molar-refractivity contribution in [3.63, 3.8) is 0 Å². The largest absolute Gasteiger partial charge is 0.382 e. The monoisotopic (exact) mass is 471 g/mol. The Morgan fingerprint density at radius 1 is 0.375 bits per heavy atom. The number of ether oxygens (including phenoxy) is 9. The lowest BCUT2D eigenvalue weighted by atomic mass is 10.6. The Labute approximate surface area is 195 Å². The molecule has 0 aromatic rings. The fourth-order valence-corrected chi connectivity index (χ4v) is 1.96. The number of methoxy groups -OCH3 is 1. The summed E-state index contributed by atoms with van der Waals surface area (Å²) in [6.45, 7) is 14.5. The lowest BCUT2D eigenvalue weighted by molar-refractivity contribution is -0.0242. The molecule has 196 valence electrons. The van der Waals surface area contributed by atoms with Crippen LogP contribution in [0.25, 0.3) is 0 Å². The molecule has 10 heteroatoms. The van der Waals surface area contributed by atoms with E-state index in [1.807, 2.05) is 20.9 Å². The van der Waals surface area contributed by atoms with Gasteiger partial charge in [0.05, 0.1) is 112 Å². The molecule has 0 spiro atoms. The van der Waals surface area contributed by atoms with Crippen molar-refractivity contribution in [1.29, 1.82) is 0 Å². The molecule has 0 fully saturated rings. The summed E-state index contributed by atoms with van der Waals surface area (Å²) >= 11 is 0. The van der Waals surface area contributed by atoms with Gasteiger partial charge < -0.3 is 47.9 Å². The van der Waals surface area contributed by atoms with E-state index in [-0.39, 0.29) is 0 Å².